The van der Waals surface area contributed by atoms with Crippen molar-refractivity contribution in [2.24, 2.45) is 5.92 Å². The molecule has 2 atom stereocenters. The Kier molecular flexibility index (Phi) is 3.33. The minimum absolute atomic E-state index is 0.195. The molecule has 1 N–H and O–H groups in total. The van der Waals surface area contributed by atoms with Gasteiger partial charge in [0, 0.05) is 22.8 Å². The first kappa shape index (κ1) is 15.2. The highest BCUT2D eigenvalue weighted by atomic mass is 32.1. The number of hydrogen-bond acceptors (Lipinski definition) is 3. The molecule has 6 heteroatoms. The van der Waals surface area contributed by atoms with Gasteiger partial charge in [0.1, 0.15) is 11.9 Å². The maximum absolute atomic E-state index is 13.5. The van der Waals surface area contributed by atoms with Crippen LogP contribution < -0.4 is 9.80 Å². The molecule has 128 valence electrons. The second-order valence-corrected chi connectivity index (χ2v) is 8.16. The van der Waals surface area contributed by atoms with Crippen LogP contribution in [-0.4, -0.2) is 24.9 Å². The lowest BCUT2D eigenvalue weighted by atomic mass is 9.96. The van der Waals surface area contributed by atoms with Gasteiger partial charge < -0.3 is 4.90 Å². The van der Waals surface area contributed by atoms with Crippen LogP contribution in [0, 0.1) is 11.7 Å². The maximum atomic E-state index is 13.5. The molecule has 0 radical (unpaired) electrons. The Hall–Kier alpha value is -2.05. The fourth-order valence-electron chi connectivity index (χ4n) is 4.31. The largest absolute Gasteiger partial charge is 0.311 e. The van der Waals surface area contributed by atoms with Crippen molar-refractivity contribution in [2.45, 2.75) is 25.3 Å². The molecule has 3 heterocycles. The third kappa shape index (κ3) is 2.35. The second kappa shape index (κ2) is 5.47. The molecule has 1 saturated carbocycles. The third-order valence-corrected chi connectivity index (χ3v) is 6.61. The predicted molar refractivity (Wildman–Crippen MR) is 92.4 cm³/mol. The van der Waals surface area contributed by atoms with E-state index in [2.05, 4.69) is 11.4 Å². The molecule has 25 heavy (non-hydrogen) atoms. The number of carbonyl (C=O) groups is 2. The minimum atomic E-state index is -0.592. The Bertz CT molecular complexity index is 889. The lowest BCUT2D eigenvalue weighted by Crippen LogP contribution is -3.15. The van der Waals surface area contributed by atoms with Crippen LogP contribution in [0.3, 0.4) is 0 Å². The van der Waals surface area contributed by atoms with Crippen molar-refractivity contribution in [3.05, 3.63) is 51.5 Å². The number of amides is 1. The zero-order chi connectivity index (χ0) is 17.1. The normalized spacial score (nSPS) is 25.2. The Labute approximate surface area is 148 Å². The van der Waals surface area contributed by atoms with E-state index in [-0.39, 0.29) is 5.56 Å². The number of nitrogens with one attached hydrogen (secondary N) is 1. The van der Waals surface area contributed by atoms with Gasteiger partial charge in [-0.25, -0.2) is 4.39 Å². The van der Waals surface area contributed by atoms with Crippen LogP contribution >= 0.6 is 11.3 Å². The van der Waals surface area contributed by atoms with Gasteiger partial charge >= 0.3 is 5.91 Å². The first-order valence-electron chi connectivity index (χ1n) is 8.70. The maximum Gasteiger partial charge on any atom is 0.303 e. The van der Waals surface area contributed by atoms with Crippen molar-refractivity contribution >= 4 is 28.7 Å². The number of nitrogens with zero attached hydrogens (tertiary/aromatic N) is 1. The molecular weight excluding hydrogens is 339 g/mol. The molecule has 0 saturated heterocycles. The summed E-state index contributed by atoms with van der Waals surface area (Å²) in [6.45, 7) is 1.43. The van der Waals surface area contributed by atoms with Crippen LogP contribution in [0.4, 0.5) is 10.1 Å². The van der Waals surface area contributed by atoms with Gasteiger partial charge in [0.25, 0.3) is 5.78 Å². The first-order chi connectivity index (χ1) is 12.1. The third-order valence-electron chi connectivity index (χ3n) is 5.62. The number of ketones is 1. The molecule has 1 aromatic carbocycles. The van der Waals surface area contributed by atoms with E-state index in [4.69, 9.17) is 0 Å². The number of anilines is 1. The predicted octanol–water partition coefficient (Wildman–Crippen LogP) is 1.97. The summed E-state index contributed by atoms with van der Waals surface area (Å²) in [5, 5.41) is 2.16. The van der Waals surface area contributed by atoms with E-state index in [0.717, 1.165) is 13.0 Å². The monoisotopic (exact) mass is 357 g/mol. The molecule has 2 aromatic rings. The van der Waals surface area contributed by atoms with Gasteiger partial charge in [-0.1, -0.05) is 0 Å². The van der Waals surface area contributed by atoms with Crippen molar-refractivity contribution in [1.82, 2.24) is 0 Å². The summed E-state index contributed by atoms with van der Waals surface area (Å²) in [6, 6.07) is 6.68. The van der Waals surface area contributed by atoms with E-state index in [1.165, 1.54) is 40.3 Å². The summed E-state index contributed by atoms with van der Waals surface area (Å²) in [6.07, 6.45) is 3.48. The van der Waals surface area contributed by atoms with Gasteiger partial charge in [0.2, 0.25) is 0 Å². The molecule has 4 nitrogen and oxygen atoms in total. The highest BCUT2D eigenvalue weighted by molar-refractivity contribution is 7.10. The topological polar surface area (TPSA) is 41.8 Å². The van der Waals surface area contributed by atoms with Crippen LogP contribution in [0.1, 0.15) is 39.7 Å². The van der Waals surface area contributed by atoms with Crippen molar-refractivity contribution in [2.75, 3.05) is 18.1 Å². The van der Waals surface area contributed by atoms with Crippen LogP contribution in [0.2, 0.25) is 0 Å². The number of halogens is 1. The molecule has 1 unspecified atom stereocenters. The van der Waals surface area contributed by atoms with Crippen molar-refractivity contribution in [3.63, 3.8) is 0 Å². The van der Waals surface area contributed by atoms with E-state index in [0.29, 0.717) is 24.3 Å². The van der Waals surface area contributed by atoms with Crippen molar-refractivity contribution in [3.8, 4) is 0 Å². The smallest absolute Gasteiger partial charge is 0.303 e. The van der Waals surface area contributed by atoms with E-state index >= 15 is 0 Å². The molecular formula is C19H18FN2O2S+. The van der Waals surface area contributed by atoms with E-state index in [1.54, 1.807) is 11.0 Å². The SMILES string of the molecule is O=C1C(=O)N(C[NH+]2CCc3sccc3[C@H]2C2CC2)c2ccc(F)cc21. The lowest BCUT2D eigenvalue weighted by molar-refractivity contribution is -0.935. The van der Waals surface area contributed by atoms with E-state index in [9.17, 15) is 14.0 Å². The molecule has 0 spiro atoms. The zero-order valence-corrected chi connectivity index (χ0v) is 14.4. The Morgan fingerprint density at radius 2 is 2.08 bits per heavy atom. The van der Waals surface area contributed by atoms with E-state index < -0.39 is 17.5 Å². The number of fused-ring (bicyclic) bond motifs is 2. The van der Waals surface area contributed by atoms with Crippen LogP contribution in [0.25, 0.3) is 0 Å². The van der Waals surface area contributed by atoms with Crippen molar-refractivity contribution < 1.29 is 18.9 Å². The molecule has 3 aliphatic rings. The zero-order valence-electron chi connectivity index (χ0n) is 13.6. The summed E-state index contributed by atoms with van der Waals surface area (Å²) < 4.78 is 13.5. The standard InChI is InChI=1S/C19H17FN2O2S/c20-12-3-4-15-14(9-12)18(23)19(24)22(15)10-21-7-5-16-13(6-8-25-16)17(21)11-1-2-11/h3-4,6,8-9,11,17H,1-2,5,7,10H2/p+1/t17-/m1/s1. The van der Waals surface area contributed by atoms with Gasteiger partial charge in [-0.15, -0.1) is 11.3 Å². The number of Topliss-reactive ketones (excluding diaryl/α,β-unsaturated/α-hetero) is 1. The quantitative estimate of drug-likeness (QED) is 0.854. The summed E-state index contributed by atoms with van der Waals surface area (Å²) in [4.78, 5) is 29.1. The van der Waals surface area contributed by atoms with E-state index in [1.807, 2.05) is 11.3 Å². The number of hydrogen-bond donors (Lipinski definition) is 1. The second-order valence-electron chi connectivity index (χ2n) is 7.15. The molecule has 1 fully saturated rings. The van der Waals surface area contributed by atoms with Gasteiger partial charge in [0.15, 0.2) is 6.67 Å². The molecule has 1 aliphatic carbocycles. The summed E-state index contributed by atoms with van der Waals surface area (Å²) in [7, 11) is 0. The average molecular weight is 357 g/mol. The molecule has 1 aromatic heterocycles. The van der Waals surface area contributed by atoms with Crippen LogP contribution in [-0.2, 0) is 11.2 Å². The molecule has 2 aliphatic heterocycles. The number of rotatable bonds is 3. The van der Waals surface area contributed by atoms with Gasteiger partial charge in [-0.2, -0.15) is 0 Å². The van der Waals surface area contributed by atoms with Crippen molar-refractivity contribution in [1.29, 1.82) is 0 Å². The fourth-order valence-corrected chi connectivity index (χ4v) is 5.24. The van der Waals surface area contributed by atoms with Crippen LogP contribution in [0.5, 0.6) is 0 Å². The number of thiophene rings is 1. The number of quaternary nitrogens is 1. The lowest BCUT2D eigenvalue weighted by Gasteiger charge is -2.35. The Morgan fingerprint density at radius 1 is 1.24 bits per heavy atom. The number of benzene rings is 1. The molecule has 1 amide bonds. The highest BCUT2D eigenvalue weighted by Crippen LogP contribution is 2.42. The highest BCUT2D eigenvalue weighted by Gasteiger charge is 2.46. The fraction of sp³-hybridized carbons (Fsp3) is 0.368. The number of carbonyl (C=O) groups excluding carboxylic acids is 2. The average Bonchev–Trinajstić information content (AvgIpc) is 3.29. The Balaban J connectivity index is 1.48. The van der Waals surface area contributed by atoms with Crippen LogP contribution in [0.15, 0.2) is 29.6 Å². The first-order valence-corrected chi connectivity index (χ1v) is 9.58. The Morgan fingerprint density at radius 3 is 2.88 bits per heavy atom. The van der Waals surface area contributed by atoms with Gasteiger partial charge in [-0.05, 0) is 42.5 Å². The summed E-state index contributed by atoms with van der Waals surface area (Å²) in [5.41, 5.74) is 2.17. The minimum Gasteiger partial charge on any atom is -0.311 e. The molecule has 0 bridgehead atoms. The van der Waals surface area contributed by atoms with Gasteiger partial charge in [0.05, 0.1) is 17.8 Å². The van der Waals surface area contributed by atoms with Gasteiger partial charge in [-0.3, -0.25) is 14.5 Å². The molecule has 5 rings (SSSR count). The summed E-state index contributed by atoms with van der Waals surface area (Å²) in [5.74, 6) is -0.931. The summed E-state index contributed by atoms with van der Waals surface area (Å²) >= 11 is 1.82.